The molecule has 5 heteroatoms. The van der Waals surface area contributed by atoms with E-state index in [0.717, 1.165) is 25.7 Å². The Balaban J connectivity index is 1.94. The first kappa shape index (κ1) is 15.8. The standard InChI is InChI=1S/C16H24N2O3/c1-16(2,17)15(20)18-11-7-9-12(10-8-11)21-14-6-4-3-5-13(14)19/h7-10,13-14,19H,3-6,17H2,1-2H3,(H,18,20). The van der Waals surface area contributed by atoms with Crippen molar-refractivity contribution in [2.24, 2.45) is 5.73 Å². The summed E-state index contributed by atoms with van der Waals surface area (Å²) in [6, 6.07) is 7.13. The molecule has 5 nitrogen and oxygen atoms in total. The van der Waals surface area contributed by atoms with E-state index < -0.39 is 11.6 Å². The zero-order valence-corrected chi connectivity index (χ0v) is 12.6. The SMILES string of the molecule is CC(C)(N)C(=O)Nc1ccc(OC2CCCCC2O)cc1. The summed E-state index contributed by atoms with van der Waals surface area (Å²) in [6.45, 7) is 3.31. The maximum atomic E-state index is 11.8. The Labute approximate surface area is 125 Å². The smallest absolute Gasteiger partial charge is 0.243 e. The maximum Gasteiger partial charge on any atom is 0.243 e. The topological polar surface area (TPSA) is 84.6 Å². The molecule has 0 bridgehead atoms. The van der Waals surface area contributed by atoms with Crippen LogP contribution in [-0.2, 0) is 4.79 Å². The molecule has 116 valence electrons. The van der Waals surface area contributed by atoms with E-state index in [1.807, 2.05) is 0 Å². The fraction of sp³-hybridized carbons (Fsp3) is 0.562. The van der Waals surface area contributed by atoms with Crippen LogP contribution < -0.4 is 15.8 Å². The van der Waals surface area contributed by atoms with Gasteiger partial charge in [0.25, 0.3) is 0 Å². The number of aliphatic hydroxyl groups excluding tert-OH is 1. The summed E-state index contributed by atoms with van der Waals surface area (Å²) >= 11 is 0. The first-order valence-corrected chi connectivity index (χ1v) is 7.41. The van der Waals surface area contributed by atoms with Crippen molar-refractivity contribution in [2.75, 3.05) is 5.32 Å². The summed E-state index contributed by atoms with van der Waals surface area (Å²) in [5.41, 5.74) is 5.49. The van der Waals surface area contributed by atoms with Crippen molar-refractivity contribution in [3.05, 3.63) is 24.3 Å². The van der Waals surface area contributed by atoms with E-state index in [4.69, 9.17) is 10.5 Å². The largest absolute Gasteiger partial charge is 0.488 e. The third kappa shape index (κ3) is 4.44. The number of benzene rings is 1. The fourth-order valence-electron chi connectivity index (χ4n) is 2.30. The molecule has 21 heavy (non-hydrogen) atoms. The van der Waals surface area contributed by atoms with Crippen molar-refractivity contribution in [3.63, 3.8) is 0 Å². The third-order valence-corrected chi connectivity index (χ3v) is 3.65. The lowest BCUT2D eigenvalue weighted by atomic mass is 9.95. The van der Waals surface area contributed by atoms with Crippen molar-refractivity contribution < 1.29 is 14.6 Å². The number of hydrogen-bond donors (Lipinski definition) is 3. The highest BCUT2D eigenvalue weighted by molar-refractivity contribution is 5.97. The molecule has 1 aromatic rings. The van der Waals surface area contributed by atoms with Crippen LogP contribution in [0.1, 0.15) is 39.5 Å². The molecule has 0 heterocycles. The lowest BCUT2D eigenvalue weighted by Gasteiger charge is -2.28. The van der Waals surface area contributed by atoms with Crippen LogP contribution in [0.4, 0.5) is 5.69 Å². The van der Waals surface area contributed by atoms with E-state index in [-0.39, 0.29) is 12.0 Å². The van der Waals surface area contributed by atoms with Gasteiger partial charge in [-0.1, -0.05) is 6.42 Å². The lowest BCUT2D eigenvalue weighted by Crippen LogP contribution is -2.45. The molecule has 4 N–H and O–H groups in total. The molecule has 0 spiro atoms. The number of ether oxygens (including phenoxy) is 1. The summed E-state index contributed by atoms with van der Waals surface area (Å²) < 4.78 is 5.81. The van der Waals surface area contributed by atoms with Gasteiger partial charge in [-0.3, -0.25) is 4.79 Å². The Morgan fingerprint density at radius 1 is 1.29 bits per heavy atom. The Kier molecular flexibility index (Phi) is 4.85. The summed E-state index contributed by atoms with van der Waals surface area (Å²) in [4.78, 5) is 11.8. The van der Waals surface area contributed by atoms with Gasteiger partial charge in [0.05, 0.1) is 11.6 Å². The fourth-order valence-corrected chi connectivity index (χ4v) is 2.30. The molecule has 0 saturated heterocycles. The van der Waals surface area contributed by atoms with Crippen LogP contribution in [0.25, 0.3) is 0 Å². The molecule has 1 aliphatic carbocycles. The van der Waals surface area contributed by atoms with Crippen LogP contribution in [0.15, 0.2) is 24.3 Å². The Morgan fingerprint density at radius 2 is 1.90 bits per heavy atom. The zero-order chi connectivity index (χ0) is 15.5. The second kappa shape index (κ2) is 6.45. The minimum Gasteiger partial charge on any atom is -0.488 e. The Hall–Kier alpha value is -1.59. The summed E-state index contributed by atoms with van der Waals surface area (Å²) in [5.74, 6) is 0.463. The Morgan fingerprint density at radius 3 is 2.48 bits per heavy atom. The van der Waals surface area contributed by atoms with E-state index in [2.05, 4.69) is 5.32 Å². The minimum atomic E-state index is -0.915. The average molecular weight is 292 g/mol. The molecule has 1 saturated carbocycles. The van der Waals surface area contributed by atoms with Gasteiger partial charge in [-0.15, -0.1) is 0 Å². The molecule has 0 radical (unpaired) electrons. The monoisotopic (exact) mass is 292 g/mol. The number of amides is 1. The summed E-state index contributed by atoms with van der Waals surface area (Å²) in [5, 5.41) is 12.7. The van der Waals surface area contributed by atoms with Gasteiger partial charge in [0.1, 0.15) is 11.9 Å². The highest BCUT2D eigenvalue weighted by Crippen LogP contribution is 2.25. The van der Waals surface area contributed by atoms with E-state index in [1.165, 1.54) is 0 Å². The highest BCUT2D eigenvalue weighted by Gasteiger charge is 2.25. The molecule has 1 fully saturated rings. The molecule has 0 aromatic heterocycles. The second-order valence-electron chi connectivity index (χ2n) is 6.21. The molecular formula is C16H24N2O3. The van der Waals surface area contributed by atoms with Crippen LogP contribution in [0.5, 0.6) is 5.75 Å². The van der Waals surface area contributed by atoms with Crippen molar-refractivity contribution >= 4 is 11.6 Å². The van der Waals surface area contributed by atoms with Crippen molar-refractivity contribution in [1.29, 1.82) is 0 Å². The number of anilines is 1. The van der Waals surface area contributed by atoms with Crippen LogP contribution >= 0.6 is 0 Å². The number of carbonyl (C=O) groups is 1. The number of hydrogen-bond acceptors (Lipinski definition) is 4. The van der Waals surface area contributed by atoms with Gasteiger partial charge in [-0.25, -0.2) is 0 Å². The predicted octanol–water partition coefficient (Wildman–Crippen LogP) is 2.04. The number of rotatable bonds is 4. The van der Waals surface area contributed by atoms with E-state index in [1.54, 1.807) is 38.1 Å². The van der Waals surface area contributed by atoms with E-state index in [9.17, 15) is 9.90 Å². The van der Waals surface area contributed by atoms with Gasteiger partial charge in [-0.2, -0.15) is 0 Å². The number of carbonyl (C=O) groups excluding carboxylic acids is 1. The van der Waals surface area contributed by atoms with Gasteiger partial charge >= 0.3 is 0 Å². The quantitative estimate of drug-likeness (QED) is 0.793. The predicted molar refractivity (Wildman–Crippen MR) is 82.2 cm³/mol. The zero-order valence-electron chi connectivity index (χ0n) is 12.6. The number of nitrogens with one attached hydrogen (secondary N) is 1. The van der Waals surface area contributed by atoms with Crippen LogP contribution in [0.3, 0.4) is 0 Å². The molecule has 1 aliphatic rings. The van der Waals surface area contributed by atoms with Gasteiger partial charge in [0, 0.05) is 5.69 Å². The molecular weight excluding hydrogens is 268 g/mol. The highest BCUT2D eigenvalue weighted by atomic mass is 16.5. The molecule has 2 unspecified atom stereocenters. The Bertz CT molecular complexity index is 479. The van der Waals surface area contributed by atoms with E-state index in [0.29, 0.717) is 11.4 Å². The maximum absolute atomic E-state index is 11.8. The van der Waals surface area contributed by atoms with Crippen LogP contribution in [-0.4, -0.2) is 28.8 Å². The van der Waals surface area contributed by atoms with Gasteiger partial charge in [-0.05, 0) is 57.4 Å². The van der Waals surface area contributed by atoms with Crippen LogP contribution in [0.2, 0.25) is 0 Å². The minimum absolute atomic E-state index is 0.137. The van der Waals surface area contributed by atoms with Gasteiger partial charge < -0.3 is 20.9 Å². The first-order chi connectivity index (χ1) is 9.86. The number of aliphatic hydroxyl groups is 1. The van der Waals surface area contributed by atoms with Crippen LogP contribution in [0, 0.1) is 0 Å². The molecule has 0 aliphatic heterocycles. The van der Waals surface area contributed by atoms with Crippen molar-refractivity contribution in [2.45, 2.75) is 57.3 Å². The third-order valence-electron chi connectivity index (χ3n) is 3.65. The van der Waals surface area contributed by atoms with Crippen molar-refractivity contribution in [1.82, 2.24) is 0 Å². The molecule has 2 atom stereocenters. The number of nitrogens with two attached hydrogens (primary N) is 1. The molecule has 1 aromatic carbocycles. The molecule has 1 amide bonds. The molecule has 2 rings (SSSR count). The lowest BCUT2D eigenvalue weighted by molar-refractivity contribution is -0.120. The second-order valence-corrected chi connectivity index (χ2v) is 6.21. The van der Waals surface area contributed by atoms with Gasteiger partial charge in [0.15, 0.2) is 0 Å². The normalized spacial score (nSPS) is 22.7. The summed E-state index contributed by atoms with van der Waals surface area (Å²) in [7, 11) is 0. The first-order valence-electron chi connectivity index (χ1n) is 7.41. The van der Waals surface area contributed by atoms with E-state index >= 15 is 0 Å². The van der Waals surface area contributed by atoms with Crippen molar-refractivity contribution in [3.8, 4) is 5.75 Å². The average Bonchev–Trinajstić information content (AvgIpc) is 2.42. The van der Waals surface area contributed by atoms with Gasteiger partial charge in [0.2, 0.25) is 5.91 Å². The summed E-state index contributed by atoms with van der Waals surface area (Å²) in [6.07, 6.45) is 3.28.